The van der Waals surface area contributed by atoms with Gasteiger partial charge in [0.1, 0.15) is 12.4 Å². The summed E-state index contributed by atoms with van der Waals surface area (Å²) in [7, 11) is 0. The SMILES string of the molecule is CC(=O)Nc1ccc(N(C(=O)C2COc3ccccc3O2)C(C(=O)NC2CCCCC2)c2ccco2)cc1. The van der Waals surface area contributed by atoms with E-state index in [1.54, 1.807) is 54.6 Å². The van der Waals surface area contributed by atoms with Gasteiger partial charge in [0.15, 0.2) is 17.5 Å². The molecule has 3 aromatic rings. The van der Waals surface area contributed by atoms with E-state index in [1.165, 1.54) is 18.1 Å². The van der Waals surface area contributed by atoms with Crippen LogP contribution in [0.3, 0.4) is 0 Å². The third kappa shape index (κ3) is 5.66. The summed E-state index contributed by atoms with van der Waals surface area (Å²) in [5.74, 6) is 0.349. The van der Waals surface area contributed by atoms with Gasteiger partial charge in [-0.2, -0.15) is 0 Å². The number of nitrogens with zero attached hydrogens (tertiary/aromatic N) is 1. The third-order valence-corrected chi connectivity index (χ3v) is 6.76. The number of fused-ring (bicyclic) bond motifs is 1. The fraction of sp³-hybridized carbons (Fsp3) is 0.345. The Labute approximate surface area is 221 Å². The molecule has 1 aliphatic heterocycles. The molecule has 2 N–H and O–H groups in total. The minimum atomic E-state index is -1.08. The Kier molecular flexibility index (Phi) is 7.62. The number of furan rings is 1. The maximum Gasteiger partial charge on any atom is 0.272 e. The normalized spacial score (nSPS) is 17.8. The fourth-order valence-corrected chi connectivity index (χ4v) is 4.96. The number of hydrogen-bond acceptors (Lipinski definition) is 6. The number of para-hydroxylation sites is 2. The lowest BCUT2D eigenvalue weighted by Crippen LogP contribution is -2.52. The second-order valence-electron chi connectivity index (χ2n) is 9.56. The van der Waals surface area contributed by atoms with Crippen molar-refractivity contribution in [2.24, 2.45) is 0 Å². The molecule has 2 aromatic carbocycles. The first-order chi connectivity index (χ1) is 18.5. The minimum absolute atomic E-state index is 0.00849. The van der Waals surface area contributed by atoms with Crippen LogP contribution in [0.15, 0.2) is 71.3 Å². The van der Waals surface area contributed by atoms with E-state index in [-0.39, 0.29) is 24.5 Å². The Morgan fingerprint density at radius 2 is 1.66 bits per heavy atom. The van der Waals surface area contributed by atoms with E-state index in [0.717, 1.165) is 32.1 Å². The molecular formula is C29H31N3O6. The molecule has 1 saturated carbocycles. The van der Waals surface area contributed by atoms with Gasteiger partial charge in [-0.15, -0.1) is 0 Å². The van der Waals surface area contributed by atoms with Crippen LogP contribution in [0.1, 0.15) is 50.8 Å². The largest absolute Gasteiger partial charge is 0.485 e. The molecule has 1 aliphatic carbocycles. The van der Waals surface area contributed by atoms with E-state index in [0.29, 0.717) is 28.6 Å². The predicted octanol–water partition coefficient (Wildman–Crippen LogP) is 4.60. The van der Waals surface area contributed by atoms with Gasteiger partial charge in [0, 0.05) is 24.3 Å². The highest BCUT2D eigenvalue weighted by Gasteiger charge is 2.41. The lowest BCUT2D eigenvalue weighted by molar-refractivity contribution is -0.132. The number of anilines is 2. The van der Waals surface area contributed by atoms with E-state index in [2.05, 4.69) is 10.6 Å². The zero-order valence-electron chi connectivity index (χ0n) is 21.2. The Morgan fingerprint density at radius 1 is 0.921 bits per heavy atom. The molecule has 2 aliphatic rings. The van der Waals surface area contributed by atoms with Crippen molar-refractivity contribution < 1.29 is 28.3 Å². The Hall–Kier alpha value is -4.27. The zero-order chi connectivity index (χ0) is 26.5. The van der Waals surface area contributed by atoms with E-state index in [9.17, 15) is 14.4 Å². The third-order valence-electron chi connectivity index (χ3n) is 6.76. The Bertz CT molecular complexity index is 1270. The van der Waals surface area contributed by atoms with Crippen molar-refractivity contribution in [2.45, 2.75) is 57.2 Å². The van der Waals surface area contributed by atoms with Crippen LogP contribution in [-0.4, -0.2) is 36.5 Å². The average molecular weight is 518 g/mol. The van der Waals surface area contributed by atoms with Crippen molar-refractivity contribution in [1.29, 1.82) is 0 Å². The van der Waals surface area contributed by atoms with Crippen LogP contribution in [0.25, 0.3) is 0 Å². The molecule has 1 aromatic heterocycles. The molecule has 3 amide bonds. The van der Waals surface area contributed by atoms with Crippen LogP contribution in [0.5, 0.6) is 11.5 Å². The highest BCUT2D eigenvalue weighted by Crippen LogP contribution is 2.35. The van der Waals surface area contributed by atoms with Gasteiger partial charge in [-0.05, 0) is 61.4 Å². The highest BCUT2D eigenvalue weighted by atomic mass is 16.6. The number of benzene rings is 2. The number of rotatable bonds is 7. The number of hydrogen-bond donors (Lipinski definition) is 2. The molecule has 38 heavy (non-hydrogen) atoms. The quantitative estimate of drug-likeness (QED) is 0.474. The van der Waals surface area contributed by atoms with Crippen LogP contribution in [0.4, 0.5) is 11.4 Å². The van der Waals surface area contributed by atoms with Gasteiger partial charge in [0.05, 0.1) is 6.26 Å². The number of carbonyl (C=O) groups excluding carboxylic acids is 3. The second-order valence-corrected chi connectivity index (χ2v) is 9.56. The molecule has 5 rings (SSSR count). The summed E-state index contributed by atoms with van der Waals surface area (Å²) < 4.78 is 17.5. The van der Waals surface area contributed by atoms with Gasteiger partial charge >= 0.3 is 0 Å². The molecule has 1 fully saturated rings. The standard InChI is InChI=1S/C29H31N3O6/c1-19(33)30-21-13-15-22(16-14-21)32(29(35)26-18-37-23-10-5-6-11-24(23)38-26)27(25-12-7-17-36-25)28(34)31-20-8-3-2-4-9-20/h5-7,10-17,20,26-27H,2-4,8-9,18H2,1H3,(H,30,33)(H,31,34). The highest BCUT2D eigenvalue weighted by molar-refractivity contribution is 6.03. The van der Waals surface area contributed by atoms with Gasteiger partial charge in [-0.1, -0.05) is 31.4 Å². The van der Waals surface area contributed by atoms with Gasteiger partial charge in [-0.3, -0.25) is 19.3 Å². The van der Waals surface area contributed by atoms with Gasteiger partial charge in [0.2, 0.25) is 12.0 Å². The maximum absolute atomic E-state index is 14.1. The first kappa shape index (κ1) is 25.4. The summed E-state index contributed by atoms with van der Waals surface area (Å²) in [6, 6.07) is 16.2. The van der Waals surface area contributed by atoms with Crippen molar-refractivity contribution in [3.63, 3.8) is 0 Å². The number of nitrogens with one attached hydrogen (secondary N) is 2. The van der Waals surface area contributed by atoms with E-state index in [1.807, 2.05) is 6.07 Å². The molecule has 0 radical (unpaired) electrons. The van der Waals surface area contributed by atoms with Crippen LogP contribution >= 0.6 is 0 Å². The van der Waals surface area contributed by atoms with Crippen LogP contribution in [-0.2, 0) is 14.4 Å². The number of carbonyl (C=O) groups is 3. The zero-order valence-corrected chi connectivity index (χ0v) is 21.2. The molecule has 198 valence electrons. The topological polar surface area (TPSA) is 110 Å². The smallest absolute Gasteiger partial charge is 0.272 e. The van der Waals surface area contributed by atoms with Crippen LogP contribution in [0, 0.1) is 0 Å². The predicted molar refractivity (Wildman–Crippen MR) is 141 cm³/mol. The first-order valence-corrected chi connectivity index (χ1v) is 12.9. The van der Waals surface area contributed by atoms with Crippen LogP contribution < -0.4 is 25.0 Å². The number of ether oxygens (including phenoxy) is 2. The van der Waals surface area contributed by atoms with E-state index < -0.39 is 18.1 Å². The summed E-state index contributed by atoms with van der Waals surface area (Å²) in [6.07, 6.45) is 5.54. The summed E-state index contributed by atoms with van der Waals surface area (Å²) in [4.78, 5) is 40.9. The van der Waals surface area contributed by atoms with Crippen molar-refractivity contribution in [2.75, 3.05) is 16.8 Å². The Balaban J connectivity index is 1.51. The van der Waals surface area contributed by atoms with Crippen molar-refractivity contribution >= 4 is 29.1 Å². The number of amides is 3. The van der Waals surface area contributed by atoms with Crippen molar-refractivity contribution in [1.82, 2.24) is 5.32 Å². The Morgan fingerprint density at radius 3 is 2.34 bits per heavy atom. The summed E-state index contributed by atoms with van der Waals surface area (Å²) in [6.45, 7) is 1.41. The van der Waals surface area contributed by atoms with Gasteiger partial charge in [-0.25, -0.2) is 0 Å². The minimum Gasteiger partial charge on any atom is -0.485 e. The van der Waals surface area contributed by atoms with Crippen molar-refractivity contribution in [3.8, 4) is 11.5 Å². The van der Waals surface area contributed by atoms with E-state index in [4.69, 9.17) is 13.9 Å². The van der Waals surface area contributed by atoms with Gasteiger partial charge in [0.25, 0.3) is 11.8 Å². The van der Waals surface area contributed by atoms with E-state index >= 15 is 0 Å². The first-order valence-electron chi connectivity index (χ1n) is 12.9. The molecule has 2 unspecified atom stereocenters. The summed E-state index contributed by atoms with van der Waals surface area (Å²) >= 11 is 0. The average Bonchev–Trinajstić information content (AvgIpc) is 3.46. The van der Waals surface area contributed by atoms with Crippen molar-refractivity contribution in [3.05, 3.63) is 72.7 Å². The molecule has 9 heteroatoms. The molecular weight excluding hydrogens is 486 g/mol. The lowest BCUT2D eigenvalue weighted by atomic mass is 9.95. The molecule has 0 bridgehead atoms. The molecule has 0 saturated heterocycles. The van der Waals surface area contributed by atoms with Crippen LogP contribution in [0.2, 0.25) is 0 Å². The molecule has 0 spiro atoms. The maximum atomic E-state index is 14.1. The second kappa shape index (κ2) is 11.4. The molecule has 2 heterocycles. The molecule has 2 atom stereocenters. The molecule has 9 nitrogen and oxygen atoms in total. The fourth-order valence-electron chi connectivity index (χ4n) is 4.96. The van der Waals surface area contributed by atoms with Gasteiger partial charge < -0.3 is 24.5 Å². The lowest BCUT2D eigenvalue weighted by Gasteiger charge is -2.35. The monoisotopic (exact) mass is 517 g/mol. The summed E-state index contributed by atoms with van der Waals surface area (Å²) in [5.41, 5.74) is 1.02. The summed E-state index contributed by atoms with van der Waals surface area (Å²) in [5, 5.41) is 5.87.